The van der Waals surface area contributed by atoms with Crippen molar-refractivity contribution in [2.45, 2.75) is 0 Å². The molecule has 8 aromatic carbocycles. The lowest BCUT2D eigenvalue weighted by Gasteiger charge is -2.13. The van der Waals surface area contributed by atoms with E-state index in [2.05, 4.69) is 156 Å². The predicted octanol–water partition coefficient (Wildman–Crippen LogP) is 12.4. The van der Waals surface area contributed by atoms with Gasteiger partial charge in [-0.1, -0.05) is 176 Å². The van der Waals surface area contributed by atoms with Gasteiger partial charge in [-0.3, -0.25) is 0 Å². The van der Waals surface area contributed by atoms with Crippen molar-refractivity contribution in [2.24, 2.45) is 0 Å². The van der Waals surface area contributed by atoms with Gasteiger partial charge in [0.2, 0.25) is 0 Å². The predicted molar refractivity (Wildman–Crippen MR) is 225 cm³/mol. The fourth-order valence-electron chi connectivity index (χ4n) is 7.37. The fourth-order valence-corrected chi connectivity index (χ4v) is 7.37. The Morgan fingerprint density at radius 2 is 0.782 bits per heavy atom. The molecule has 0 unspecified atom stereocenters. The summed E-state index contributed by atoms with van der Waals surface area (Å²) in [5.41, 5.74) is 11.3. The average Bonchev–Trinajstić information content (AvgIpc) is 3.69. The summed E-state index contributed by atoms with van der Waals surface area (Å²) in [5, 5.41) is 8.62. The summed E-state index contributed by atoms with van der Waals surface area (Å²) < 4.78 is 2.10. The lowest BCUT2D eigenvalue weighted by molar-refractivity contribution is 0.918. The van der Waals surface area contributed by atoms with E-state index >= 15 is 0 Å². The molecule has 2 heterocycles. The first-order valence-electron chi connectivity index (χ1n) is 18.4. The molecule has 0 spiro atoms. The SMILES string of the molecule is c1ccc(-c2ccc(-c3nc(-c4ccccc4)nc(-c4ccc5cc(-c6ccccc6)c6c(-c7ccccc7)nn(-c7ccccc7)c6c5c4)n3)cc2)cc1. The quantitative estimate of drug-likeness (QED) is 0.166. The Hall–Kier alpha value is -7.50. The van der Waals surface area contributed by atoms with Crippen LogP contribution < -0.4 is 0 Å². The first-order chi connectivity index (χ1) is 27.3. The molecule has 0 saturated carbocycles. The van der Waals surface area contributed by atoms with Crippen LogP contribution in [0.3, 0.4) is 0 Å². The molecule has 0 amide bonds. The number of rotatable bonds is 7. The molecular weight excluding hydrogens is 671 g/mol. The van der Waals surface area contributed by atoms with Crippen molar-refractivity contribution in [3.05, 3.63) is 200 Å². The molecule has 258 valence electrons. The molecule has 0 aliphatic rings. The van der Waals surface area contributed by atoms with Crippen molar-refractivity contribution >= 4 is 21.7 Å². The van der Waals surface area contributed by atoms with Crippen LogP contribution in [0.5, 0.6) is 0 Å². The van der Waals surface area contributed by atoms with Gasteiger partial charge in [-0.2, -0.15) is 5.10 Å². The number of fused-ring (bicyclic) bond motifs is 3. The molecule has 0 fully saturated rings. The molecule has 0 atom stereocenters. The Morgan fingerprint density at radius 3 is 1.38 bits per heavy atom. The van der Waals surface area contributed by atoms with Gasteiger partial charge in [0.25, 0.3) is 0 Å². The first kappa shape index (κ1) is 32.2. The summed E-state index contributed by atoms with van der Waals surface area (Å²) >= 11 is 0. The monoisotopic (exact) mass is 703 g/mol. The third-order valence-electron chi connectivity index (χ3n) is 10.1. The zero-order valence-electron chi connectivity index (χ0n) is 29.8. The minimum Gasteiger partial charge on any atom is -0.232 e. The third-order valence-corrected chi connectivity index (χ3v) is 10.1. The molecule has 2 aromatic heterocycles. The maximum Gasteiger partial charge on any atom is 0.164 e. The van der Waals surface area contributed by atoms with Crippen LogP contribution >= 0.6 is 0 Å². The Morgan fingerprint density at radius 1 is 0.345 bits per heavy atom. The van der Waals surface area contributed by atoms with Crippen LogP contribution in [0.15, 0.2) is 200 Å². The third kappa shape index (κ3) is 6.04. The van der Waals surface area contributed by atoms with Crippen molar-refractivity contribution in [2.75, 3.05) is 0 Å². The Labute approximate surface area is 318 Å². The molecule has 0 aliphatic heterocycles. The van der Waals surface area contributed by atoms with Gasteiger partial charge in [0.1, 0.15) is 5.69 Å². The molecule has 0 aliphatic carbocycles. The maximum atomic E-state index is 5.38. The second-order valence-electron chi connectivity index (χ2n) is 13.5. The van der Waals surface area contributed by atoms with Crippen molar-refractivity contribution < 1.29 is 0 Å². The molecule has 0 bridgehead atoms. The second-order valence-corrected chi connectivity index (χ2v) is 13.5. The van der Waals surface area contributed by atoms with Crippen molar-refractivity contribution in [1.82, 2.24) is 24.7 Å². The van der Waals surface area contributed by atoms with Crippen molar-refractivity contribution in [1.29, 1.82) is 0 Å². The number of hydrogen-bond acceptors (Lipinski definition) is 4. The lowest BCUT2D eigenvalue weighted by atomic mass is 9.93. The molecule has 10 aromatic rings. The molecule has 0 radical (unpaired) electrons. The molecular formula is C50H33N5. The fraction of sp³-hybridized carbons (Fsp3) is 0. The normalized spacial score (nSPS) is 11.3. The summed E-state index contributed by atoms with van der Waals surface area (Å²) in [6.07, 6.45) is 0. The number of para-hydroxylation sites is 1. The van der Waals surface area contributed by atoms with Gasteiger partial charge in [0, 0.05) is 33.0 Å². The number of nitrogens with zero attached hydrogens (tertiary/aromatic N) is 5. The second kappa shape index (κ2) is 13.8. The lowest BCUT2D eigenvalue weighted by Crippen LogP contribution is -2.00. The van der Waals surface area contributed by atoms with Gasteiger partial charge < -0.3 is 0 Å². The van der Waals surface area contributed by atoms with Crippen LogP contribution in [0.4, 0.5) is 0 Å². The van der Waals surface area contributed by atoms with Crippen LogP contribution in [0, 0.1) is 0 Å². The highest BCUT2D eigenvalue weighted by Crippen LogP contribution is 2.42. The average molecular weight is 704 g/mol. The standard InChI is InChI=1S/C50H33N5/c1-6-16-34(17-7-1)35-26-28-39(29-27-35)49-51-48(38-22-12-4-13-23-38)52-50(53-49)41-31-30-40-32-43(36-18-8-2-9-19-36)45-46(37-20-10-3-11-21-37)54-55(47(45)44(40)33-41)42-24-14-5-15-25-42/h1-33H. The van der Waals surface area contributed by atoms with Crippen LogP contribution in [0.25, 0.3) is 95.0 Å². The molecule has 0 saturated heterocycles. The summed E-state index contributed by atoms with van der Waals surface area (Å²) in [6.45, 7) is 0. The van der Waals surface area contributed by atoms with Crippen molar-refractivity contribution in [3.8, 4) is 73.4 Å². The van der Waals surface area contributed by atoms with Gasteiger partial charge in [-0.25, -0.2) is 19.6 Å². The zero-order valence-corrected chi connectivity index (χ0v) is 29.8. The van der Waals surface area contributed by atoms with E-state index in [0.29, 0.717) is 17.5 Å². The van der Waals surface area contributed by atoms with E-state index in [-0.39, 0.29) is 0 Å². The molecule has 5 heteroatoms. The smallest absolute Gasteiger partial charge is 0.164 e. The highest BCUT2D eigenvalue weighted by molar-refractivity contribution is 6.17. The number of aromatic nitrogens is 5. The van der Waals surface area contributed by atoms with E-state index in [9.17, 15) is 0 Å². The topological polar surface area (TPSA) is 56.5 Å². The number of benzene rings is 8. The Bertz CT molecular complexity index is 2930. The van der Waals surface area contributed by atoms with E-state index in [4.69, 9.17) is 20.1 Å². The molecule has 55 heavy (non-hydrogen) atoms. The Kier molecular flexibility index (Phi) is 8.08. The maximum absolute atomic E-state index is 5.38. The van der Waals surface area contributed by atoms with E-state index in [0.717, 1.165) is 72.0 Å². The highest BCUT2D eigenvalue weighted by Gasteiger charge is 2.22. The summed E-state index contributed by atoms with van der Waals surface area (Å²) in [4.78, 5) is 15.3. The van der Waals surface area contributed by atoms with Gasteiger partial charge in [0.05, 0.1) is 11.2 Å². The van der Waals surface area contributed by atoms with Gasteiger partial charge in [0.15, 0.2) is 17.5 Å². The number of hydrogen-bond donors (Lipinski definition) is 0. The van der Waals surface area contributed by atoms with Gasteiger partial charge in [-0.05, 0) is 51.9 Å². The Balaban J connectivity index is 1.22. The highest BCUT2D eigenvalue weighted by atomic mass is 15.3. The van der Waals surface area contributed by atoms with E-state index < -0.39 is 0 Å². The van der Waals surface area contributed by atoms with Gasteiger partial charge >= 0.3 is 0 Å². The summed E-state index contributed by atoms with van der Waals surface area (Å²) in [7, 11) is 0. The molecule has 0 N–H and O–H groups in total. The van der Waals surface area contributed by atoms with Crippen molar-refractivity contribution in [3.63, 3.8) is 0 Å². The minimum absolute atomic E-state index is 0.604. The van der Waals surface area contributed by atoms with Crippen LogP contribution in [0.2, 0.25) is 0 Å². The van der Waals surface area contributed by atoms with E-state index in [1.54, 1.807) is 0 Å². The van der Waals surface area contributed by atoms with Gasteiger partial charge in [-0.15, -0.1) is 0 Å². The van der Waals surface area contributed by atoms with E-state index in [1.807, 2.05) is 48.5 Å². The molecule has 5 nitrogen and oxygen atoms in total. The van der Waals surface area contributed by atoms with Crippen LogP contribution in [-0.4, -0.2) is 24.7 Å². The van der Waals surface area contributed by atoms with Crippen LogP contribution in [-0.2, 0) is 0 Å². The summed E-state index contributed by atoms with van der Waals surface area (Å²) in [6, 6.07) is 69.2. The largest absolute Gasteiger partial charge is 0.232 e. The molecule has 10 rings (SSSR count). The van der Waals surface area contributed by atoms with E-state index in [1.165, 1.54) is 5.56 Å². The zero-order chi connectivity index (χ0) is 36.6. The van der Waals surface area contributed by atoms with Crippen LogP contribution in [0.1, 0.15) is 0 Å². The minimum atomic E-state index is 0.604. The summed E-state index contributed by atoms with van der Waals surface area (Å²) in [5.74, 6) is 1.85. The first-order valence-corrected chi connectivity index (χ1v) is 18.4.